The van der Waals surface area contributed by atoms with Crippen LogP contribution in [0.3, 0.4) is 0 Å². The maximum absolute atomic E-state index is 2.67. The summed E-state index contributed by atoms with van der Waals surface area (Å²) in [5.41, 5.74) is 3.07. The Balaban J connectivity index is 1.83. The summed E-state index contributed by atoms with van der Waals surface area (Å²) in [4.78, 5) is 0. The van der Waals surface area contributed by atoms with Crippen LogP contribution in [0.5, 0.6) is 0 Å². The smallest absolute Gasteiger partial charge is 0.0150 e. The van der Waals surface area contributed by atoms with E-state index in [4.69, 9.17) is 0 Å². The first kappa shape index (κ1) is 12.7. The molecule has 0 aromatic carbocycles. The minimum atomic E-state index is 0.566. The van der Waals surface area contributed by atoms with Gasteiger partial charge in [0.1, 0.15) is 0 Å². The molecule has 4 aliphatic carbocycles. The first-order valence-electron chi connectivity index (χ1n) is 8.53. The fourth-order valence-electron chi connectivity index (χ4n) is 9.00. The average molecular weight is 260 g/mol. The van der Waals surface area contributed by atoms with Gasteiger partial charge in [-0.3, -0.25) is 0 Å². The third kappa shape index (κ3) is 0.720. The summed E-state index contributed by atoms with van der Waals surface area (Å²) in [5.74, 6) is 3.87. The van der Waals surface area contributed by atoms with Crippen LogP contribution in [0.1, 0.15) is 68.2 Å². The predicted octanol–water partition coefficient (Wildman–Crippen LogP) is 5.38. The predicted molar refractivity (Wildman–Crippen MR) is 80.8 cm³/mol. The van der Waals surface area contributed by atoms with Gasteiger partial charge < -0.3 is 0 Å². The number of fused-ring (bicyclic) bond motifs is 7. The van der Waals surface area contributed by atoms with Crippen molar-refractivity contribution < 1.29 is 0 Å². The van der Waals surface area contributed by atoms with Gasteiger partial charge in [-0.05, 0) is 63.6 Å². The quantitative estimate of drug-likeness (QED) is 0.594. The van der Waals surface area contributed by atoms with E-state index >= 15 is 0 Å². The van der Waals surface area contributed by atoms with Gasteiger partial charge in [0.2, 0.25) is 0 Å². The zero-order valence-electron chi connectivity index (χ0n) is 14.2. The van der Waals surface area contributed by atoms with Gasteiger partial charge in [0.25, 0.3) is 0 Å². The van der Waals surface area contributed by atoms with Crippen molar-refractivity contribution in [2.24, 2.45) is 50.7 Å². The Labute approximate surface area is 119 Å². The maximum atomic E-state index is 2.67. The number of hydrogen-bond acceptors (Lipinski definition) is 0. The lowest BCUT2D eigenvalue weighted by Gasteiger charge is -3.01. The Hall–Kier alpha value is 0. The highest BCUT2D eigenvalue weighted by Crippen LogP contribution is 3.01. The van der Waals surface area contributed by atoms with Crippen LogP contribution in [-0.2, 0) is 0 Å². The van der Waals surface area contributed by atoms with Gasteiger partial charge in [-0.1, -0.05) is 55.4 Å². The summed E-state index contributed by atoms with van der Waals surface area (Å²) in [7, 11) is 0. The third-order valence-corrected chi connectivity index (χ3v) is 10.6. The van der Waals surface area contributed by atoms with Crippen molar-refractivity contribution in [3.63, 3.8) is 0 Å². The van der Waals surface area contributed by atoms with E-state index in [0.29, 0.717) is 27.1 Å². The molecule has 0 saturated heterocycles. The zero-order chi connectivity index (χ0) is 14.2. The van der Waals surface area contributed by atoms with Crippen LogP contribution in [0.4, 0.5) is 0 Å². The molecule has 0 amide bonds. The molecular formula is C19H32. The molecule has 0 aliphatic heterocycles. The van der Waals surface area contributed by atoms with Crippen LogP contribution < -0.4 is 0 Å². The van der Waals surface area contributed by atoms with E-state index in [1.165, 1.54) is 12.8 Å². The molecule has 4 saturated carbocycles. The molecule has 8 atom stereocenters. The van der Waals surface area contributed by atoms with Crippen LogP contribution >= 0.6 is 0 Å². The SMILES string of the molecule is CC(C)C1(C)CC2(C)C3C4CC(C)C4(C)C3(C)C12C. The summed E-state index contributed by atoms with van der Waals surface area (Å²) >= 11 is 0. The minimum absolute atomic E-state index is 0.566. The van der Waals surface area contributed by atoms with E-state index in [9.17, 15) is 0 Å². The van der Waals surface area contributed by atoms with Gasteiger partial charge in [0, 0.05) is 0 Å². The molecule has 4 aliphatic rings. The molecule has 0 spiro atoms. The highest BCUT2D eigenvalue weighted by atomic mass is 15.0. The van der Waals surface area contributed by atoms with Crippen molar-refractivity contribution in [3.8, 4) is 0 Å². The monoisotopic (exact) mass is 260 g/mol. The number of rotatable bonds is 1. The Morgan fingerprint density at radius 3 is 2.05 bits per heavy atom. The van der Waals surface area contributed by atoms with Gasteiger partial charge in [-0.25, -0.2) is 0 Å². The van der Waals surface area contributed by atoms with Crippen molar-refractivity contribution in [1.29, 1.82) is 0 Å². The van der Waals surface area contributed by atoms with E-state index in [1.54, 1.807) is 0 Å². The minimum Gasteiger partial charge on any atom is -0.0622 e. The highest BCUT2D eigenvalue weighted by Gasteiger charge is 2.97. The van der Waals surface area contributed by atoms with E-state index in [2.05, 4.69) is 55.4 Å². The Kier molecular flexibility index (Phi) is 1.80. The largest absolute Gasteiger partial charge is 0.0622 e. The average Bonchev–Trinajstić information content (AvgIpc) is 2.34. The van der Waals surface area contributed by atoms with Crippen molar-refractivity contribution in [1.82, 2.24) is 0 Å². The zero-order valence-corrected chi connectivity index (χ0v) is 14.2. The van der Waals surface area contributed by atoms with E-state index in [1.807, 2.05) is 0 Å². The summed E-state index contributed by atoms with van der Waals surface area (Å²) < 4.78 is 0. The third-order valence-electron chi connectivity index (χ3n) is 10.6. The first-order chi connectivity index (χ1) is 8.53. The van der Waals surface area contributed by atoms with E-state index < -0.39 is 0 Å². The molecule has 108 valence electrons. The van der Waals surface area contributed by atoms with Crippen LogP contribution in [0, 0.1) is 50.7 Å². The summed E-state index contributed by atoms with van der Waals surface area (Å²) in [6.07, 6.45) is 3.00. The molecule has 0 radical (unpaired) electrons. The molecule has 19 heavy (non-hydrogen) atoms. The molecule has 0 nitrogen and oxygen atoms in total. The molecule has 0 aromatic rings. The first-order valence-corrected chi connectivity index (χ1v) is 8.53. The van der Waals surface area contributed by atoms with Gasteiger partial charge in [-0.15, -0.1) is 0 Å². The molecule has 8 unspecified atom stereocenters. The maximum Gasteiger partial charge on any atom is -0.0150 e. The second kappa shape index (κ2) is 2.69. The molecule has 0 aromatic heterocycles. The van der Waals surface area contributed by atoms with E-state index in [-0.39, 0.29) is 0 Å². The molecule has 0 heteroatoms. The summed E-state index contributed by atoms with van der Waals surface area (Å²) in [5, 5.41) is 0. The lowest BCUT2D eigenvalue weighted by atomic mass is 9.03. The van der Waals surface area contributed by atoms with Crippen molar-refractivity contribution in [2.45, 2.75) is 68.2 Å². The standard InChI is InChI=1S/C19H32/c1-11(2)15(4)10-16(5)14-13-9-12(3)17(13,6)18(14,7)19(15,16)8/h11-14H,9-10H2,1-8H3. The molecule has 0 heterocycles. The summed E-state index contributed by atoms with van der Waals surface area (Å²) in [6, 6.07) is 0. The van der Waals surface area contributed by atoms with Crippen LogP contribution in [0.25, 0.3) is 0 Å². The molecule has 0 N–H and O–H groups in total. The van der Waals surface area contributed by atoms with Gasteiger partial charge in [-0.2, -0.15) is 0 Å². The Bertz CT molecular complexity index is 478. The van der Waals surface area contributed by atoms with E-state index in [0.717, 1.165) is 23.7 Å². The van der Waals surface area contributed by atoms with Crippen LogP contribution in [0.15, 0.2) is 0 Å². The fraction of sp³-hybridized carbons (Fsp3) is 1.00. The molecule has 4 rings (SSSR count). The Morgan fingerprint density at radius 2 is 1.58 bits per heavy atom. The lowest BCUT2D eigenvalue weighted by Crippen LogP contribution is -2.96. The molecular weight excluding hydrogens is 228 g/mol. The molecule has 4 fully saturated rings. The van der Waals surface area contributed by atoms with Crippen LogP contribution in [-0.4, -0.2) is 0 Å². The van der Waals surface area contributed by atoms with Crippen molar-refractivity contribution in [3.05, 3.63) is 0 Å². The molecule has 0 bridgehead atoms. The van der Waals surface area contributed by atoms with Gasteiger partial charge in [0.05, 0.1) is 0 Å². The topological polar surface area (TPSA) is 0 Å². The van der Waals surface area contributed by atoms with Crippen molar-refractivity contribution in [2.75, 3.05) is 0 Å². The second-order valence-corrected chi connectivity index (χ2v) is 10.00. The normalized spacial score (nSPS) is 72.8. The van der Waals surface area contributed by atoms with Crippen LogP contribution in [0.2, 0.25) is 0 Å². The fourth-order valence-corrected chi connectivity index (χ4v) is 9.00. The highest BCUT2D eigenvalue weighted by molar-refractivity contribution is 5.44. The lowest BCUT2D eigenvalue weighted by molar-refractivity contribution is -0.537. The second-order valence-electron chi connectivity index (χ2n) is 10.00. The van der Waals surface area contributed by atoms with Gasteiger partial charge in [0.15, 0.2) is 0 Å². The van der Waals surface area contributed by atoms with Gasteiger partial charge >= 0.3 is 0 Å². The van der Waals surface area contributed by atoms with Crippen molar-refractivity contribution >= 4 is 0 Å². The number of hydrogen-bond donors (Lipinski definition) is 0. The summed E-state index contributed by atoms with van der Waals surface area (Å²) in [6.45, 7) is 20.6. The Morgan fingerprint density at radius 1 is 1.00 bits per heavy atom.